The molecule has 1 amide bonds. The van der Waals surface area contributed by atoms with Crippen LogP contribution < -0.4 is 16.6 Å². The van der Waals surface area contributed by atoms with Gasteiger partial charge >= 0.3 is 5.69 Å². The van der Waals surface area contributed by atoms with E-state index in [0.29, 0.717) is 21.4 Å². The average molecular weight is 443 g/mol. The molecule has 0 spiro atoms. The molecule has 0 saturated heterocycles. The molecular weight excluding hydrogens is 427 g/mol. The lowest BCUT2D eigenvalue weighted by Gasteiger charge is -2.07. The summed E-state index contributed by atoms with van der Waals surface area (Å²) >= 11 is 11.9. The van der Waals surface area contributed by atoms with E-state index in [2.05, 4.69) is 10.3 Å². The number of hydrogen-bond acceptors (Lipinski definition) is 3. The van der Waals surface area contributed by atoms with Crippen LogP contribution in [-0.2, 0) is 7.05 Å². The number of rotatable bonds is 3. The zero-order chi connectivity index (χ0) is 21.6. The molecule has 2 aromatic carbocycles. The third-order valence-corrected chi connectivity index (χ3v) is 5.48. The Kier molecular flexibility index (Phi) is 5.01. The SMILES string of the molecule is Cc1ccc(-n2c(=O)[nH]c3c(C(=O)Nc4ccc(Cl)c(Cl)c4)cn(C)c3c2=O)cc1. The van der Waals surface area contributed by atoms with Gasteiger partial charge in [0, 0.05) is 18.9 Å². The highest BCUT2D eigenvalue weighted by atomic mass is 35.5. The van der Waals surface area contributed by atoms with E-state index in [9.17, 15) is 14.4 Å². The van der Waals surface area contributed by atoms with E-state index in [0.717, 1.165) is 10.1 Å². The minimum atomic E-state index is -0.633. The second-order valence-corrected chi connectivity index (χ2v) is 7.68. The number of aromatic nitrogens is 3. The molecule has 0 aliphatic carbocycles. The highest BCUT2D eigenvalue weighted by Gasteiger charge is 2.20. The number of hydrogen-bond donors (Lipinski definition) is 2. The summed E-state index contributed by atoms with van der Waals surface area (Å²) in [5.41, 5.74) is 1.24. The second kappa shape index (κ2) is 7.51. The van der Waals surface area contributed by atoms with Gasteiger partial charge in [0.15, 0.2) is 0 Å². The van der Waals surface area contributed by atoms with E-state index in [4.69, 9.17) is 23.2 Å². The van der Waals surface area contributed by atoms with Gasteiger partial charge in [-0.25, -0.2) is 9.36 Å². The van der Waals surface area contributed by atoms with Crippen molar-refractivity contribution in [3.05, 3.63) is 90.7 Å². The summed E-state index contributed by atoms with van der Waals surface area (Å²) < 4.78 is 2.56. The normalized spacial score (nSPS) is 11.1. The summed E-state index contributed by atoms with van der Waals surface area (Å²) in [5.74, 6) is -0.498. The fourth-order valence-corrected chi connectivity index (χ4v) is 3.54. The number of carbonyl (C=O) groups is 1. The number of benzene rings is 2. The zero-order valence-electron chi connectivity index (χ0n) is 16.0. The van der Waals surface area contributed by atoms with E-state index in [1.807, 2.05) is 19.1 Å². The van der Waals surface area contributed by atoms with Crippen LogP contribution in [0.25, 0.3) is 16.7 Å². The highest BCUT2D eigenvalue weighted by Crippen LogP contribution is 2.26. The Morgan fingerprint density at radius 2 is 1.73 bits per heavy atom. The highest BCUT2D eigenvalue weighted by molar-refractivity contribution is 6.42. The molecule has 2 heterocycles. The van der Waals surface area contributed by atoms with Crippen molar-refractivity contribution in [2.45, 2.75) is 6.92 Å². The van der Waals surface area contributed by atoms with Crippen molar-refractivity contribution in [2.75, 3.05) is 5.32 Å². The van der Waals surface area contributed by atoms with Gasteiger partial charge in [-0.1, -0.05) is 40.9 Å². The first kappa shape index (κ1) is 20.0. The summed E-state index contributed by atoms with van der Waals surface area (Å²) in [6, 6.07) is 11.7. The van der Waals surface area contributed by atoms with Crippen molar-refractivity contribution in [1.29, 1.82) is 0 Å². The maximum atomic E-state index is 13.1. The first-order valence-corrected chi connectivity index (χ1v) is 9.69. The molecule has 0 radical (unpaired) electrons. The van der Waals surface area contributed by atoms with E-state index < -0.39 is 17.2 Å². The number of halogens is 2. The first-order chi connectivity index (χ1) is 14.3. The molecule has 2 N–H and O–H groups in total. The van der Waals surface area contributed by atoms with Crippen LogP contribution in [0.3, 0.4) is 0 Å². The molecular formula is C21H16Cl2N4O3. The summed E-state index contributed by atoms with van der Waals surface area (Å²) in [4.78, 5) is 41.3. The van der Waals surface area contributed by atoms with Crippen LogP contribution >= 0.6 is 23.2 Å². The molecule has 0 bridgehead atoms. The van der Waals surface area contributed by atoms with Crippen LogP contribution in [0.15, 0.2) is 58.3 Å². The first-order valence-electron chi connectivity index (χ1n) is 8.94. The van der Waals surface area contributed by atoms with Gasteiger partial charge in [-0.05, 0) is 37.3 Å². The Morgan fingerprint density at radius 1 is 1.03 bits per heavy atom. The molecule has 0 atom stereocenters. The van der Waals surface area contributed by atoms with Crippen molar-refractivity contribution >= 4 is 45.8 Å². The Hall–Kier alpha value is -3.29. The minimum absolute atomic E-state index is 0.156. The lowest BCUT2D eigenvalue weighted by molar-refractivity contribution is 0.102. The lowest BCUT2D eigenvalue weighted by Crippen LogP contribution is -2.34. The van der Waals surface area contributed by atoms with Gasteiger partial charge in [0.1, 0.15) is 5.52 Å². The lowest BCUT2D eigenvalue weighted by atomic mass is 10.2. The fraction of sp³-hybridized carbons (Fsp3) is 0.0952. The number of H-pyrrole nitrogens is 1. The predicted molar refractivity (Wildman–Crippen MR) is 118 cm³/mol. The number of nitrogens with one attached hydrogen (secondary N) is 2. The smallest absolute Gasteiger partial charge is 0.333 e. The summed E-state index contributed by atoms with van der Waals surface area (Å²) in [7, 11) is 1.64. The van der Waals surface area contributed by atoms with Gasteiger partial charge in [0.25, 0.3) is 11.5 Å². The fourth-order valence-electron chi connectivity index (χ4n) is 3.24. The Morgan fingerprint density at radius 3 is 2.40 bits per heavy atom. The van der Waals surface area contributed by atoms with E-state index in [1.54, 1.807) is 31.3 Å². The van der Waals surface area contributed by atoms with Crippen molar-refractivity contribution in [3.63, 3.8) is 0 Å². The van der Waals surface area contributed by atoms with Crippen LogP contribution in [0.2, 0.25) is 10.0 Å². The maximum Gasteiger partial charge on any atom is 0.333 e. The molecule has 9 heteroatoms. The number of nitrogens with zero attached hydrogens (tertiary/aromatic N) is 2. The standard InChI is InChI=1S/C21H16Cl2N4O3/c1-11-3-6-13(7-4-11)27-20(29)18-17(25-21(27)30)14(10-26(18)2)19(28)24-12-5-8-15(22)16(23)9-12/h3-10H,1-2H3,(H,24,28)(H,25,30). The summed E-state index contributed by atoms with van der Waals surface area (Å²) in [6.07, 6.45) is 1.49. The molecule has 30 heavy (non-hydrogen) atoms. The Labute approximate surface area is 180 Å². The van der Waals surface area contributed by atoms with Gasteiger partial charge in [-0.3, -0.25) is 9.59 Å². The predicted octanol–water partition coefficient (Wildman–Crippen LogP) is 3.89. The molecule has 0 saturated carbocycles. The third kappa shape index (κ3) is 3.42. The quantitative estimate of drug-likeness (QED) is 0.504. The molecule has 0 aliphatic heterocycles. The van der Waals surface area contributed by atoms with Gasteiger partial charge in [-0.15, -0.1) is 0 Å². The van der Waals surface area contributed by atoms with Gasteiger partial charge in [-0.2, -0.15) is 0 Å². The monoisotopic (exact) mass is 442 g/mol. The van der Waals surface area contributed by atoms with Crippen molar-refractivity contribution < 1.29 is 4.79 Å². The summed E-state index contributed by atoms with van der Waals surface area (Å²) in [6.45, 7) is 1.91. The number of amides is 1. The Balaban J connectivity index is 1.82. The van der Waals surface area contributed by atoms with E-state index >= 15 is 0 Å². The van der Waals surface area contributed by atoms with Gasteiger partial charge in [0.2, 0.25) is 0 Å². The average Bonchev–Trinajstić information content (AvgIpc) is 3.02. The minimum Gasteiger partial charge on any atom is -0.344 e. The number of carbonyl (C=O) groups excluding carboxylic acids is 1. The number of fused-ring (bicyclic) bond motifs is 1. The van der Waals surface area contributed by atoms with Crippen molar-refractivity contribution in [1.82, 2.24) is 14.1 Å². The third-order valence-electron chi connectivity index (χ3n) is 4.74. The molecule has 7 nitrogen and oxygen atoms in total. The molecule has 0 unspecified atom stereocenters. The van der Waals surface area contributed by atoms with Crippen LogP contribution in [0.4, 0.5) is 5.69 Å². The molecule has 152 valence electrons. The van der Waals surface area contributed by atoms with Crippen molar-refractivity contribution in [2.24, 2.45) is 7.05 Å². The van der Waals surface area contributed by atoms with Crippen LogP contribution in [-0.4, -0.2) is 20.0 Å². The largest absolute Gasteiger partial charge is 0.344 e. The van der Waals surface area contributed by atoms with Crippen LogP contribution in [0, 0.1) is 6.92 Å². The van der Waals surface area contributed by atoms with Gasteiger partial charge < -0.3 is 14.9 Å². The molecule has 0 aliphatic rings. The molecule has 4 aromatic rings. The molecule has 0 fully saturated rings. The topological polar surface area (TPSA) is 88.9 Å². The Bertz CT molecular complexity index is 1420. The molecule has 4 rings (SSSR count). The van der Waals surface area contributed by atoms with Crippen LogP contribution in [0.5, 0.6) is 0 Å². The van der Waals surface area contributed by atoms with E-state index in [-0.39, 0.29) is 16.6 Å². The zero-order valence-corrected chi connectivity index (χ0v) is 17.5. The number of anilines is 1. The van der Waals surface area contributed by atoms with Gasteiger partial charge in [0.05, 0.1) is 26.8 Å². The molecule has 2 aromatic heterocycles. The number of aryl methyl sites for hydroxylation is 2. The maximum absolute atomic E-state index is 13.1. The van der Waals surface area contributed by atoms with E-state index in [1.165, 1.54) is 16.8 Å². The number of aromatic amines is 1. The summed E-state index contributed by atoms with van der Waals surface area (Å²) in [5, 5.41) is 3.35. The van der Waals surface area contributed by atoms with Crippen molar-refractivity contribution in [3.8, 4) is 5.69 Å². The van der Waals surface area contributed by atoms with Crippen LogP contribution in [0.1, 0.15) is 15.9 Å². The second-order valence-electron chi connectivity index (χ2n) is 6.87.